The highest BCUT2D eigenvalue weighted by Crippen LogP contribution is 2.53. The number of anilines is 2. The van der Waals surface area contributed by atoms with Crippen molar-refractivity contribution in [3.63, 3.8) is 0 Å². The number of hydrogen-bond acceptors (Lipinski definition) is 3. The predicted molar refractivity (Wildman–Crippen MR) is 106 cm³/mol. The van der Waals surface area contributed by atoms with Crippen molar-refractivity contribution in [1.29, 1.82) is 0 Å². The zero-order valence-corrected chi connectivity index (χ0v) is 15.5. The van der Waals surface area contributed by atoms with Crippen LogP contribution >= 0.6 is 0 Å². The van der Waals surface area contributed by atoms with E-state index in [4.69, 9.17) is 0 Å². The molecular formula is C23H20N2O3. The van der Waals surface area contributed by atoms with Crippen LogP contribution in [0, 0.1) is 30.6 Å². The van der Waals surface area contributed by atoms with Crippen LogP contribution in [-0.4, -0.2) is 17.7 Å². The van der Waals surface area contributed by atoms with Gasteiger partial charge in [-0.15, -0.1) is 0 Å². The van der Waals surface area contributed by atoms with Gasteiger partial charge in [-0.3, -0.25) is 19.3 Å². The third-order valence-electron chi connectivity index (χ3n) is 6.13. The van der Waals surface area contributed by atoms with Crippen LogP contribution in [0.3, 0.4) is 0 Å². The Labute approximate surface area is 163 Å². The molecular weight excluding hydrogens is 352 g/mol. The van der Waals surface area contributed by atoms with E-state index in [2.05, 4.69) is 17.5 Å². The lowest BCUT2D eigenvalue weighted by molar-refractivity contribution is -0.123. The third kappa shape index (κ3) is 2.50. The van der Waals surface area contributed by atoms with E-state index in [1.165, 1.54) is 4.90 Å². The smallest absolute Gasteiger partial charge is 0.255 e. The molecule has 0 aromatic heterocycles. The van der Waals surface area contributed by atoms with Gasteiger partial charge in [-0.25, -0.2) is 0 Å². The highest BCUT2D eigenvalue weighted by molar-refractivity contribution is 6.23. The lowest BCUT2D eigenvalue weighted by Crippen LogP contribution is -2.32. The van der Waals surface area contributed by atoms with Crippen molar-refractivity contribution in [2.75, 3.05) is 10.2 Å². The van der Waals surface area contributed by atoms with Crippen LogP contribution in [0.15, 0.2) is 60.7 Å². The summed E-state index contributed by atoms with van der Waals surface area (Å²) < 4.78 is 0. The highest BCUT2D eigenvalue weighted by Gasteiger charge is 2.59. The molecule has 5 nitrogen and oxygen atoms in total. The monoisotopic (exact) mass is 372 g/mol. The molecule has 2 aliphatic carbocycles. The highest BCUT2D eigenvalue weighted by atomic mass is 16.2. The molecule has 5 heteroatoms. The molecule has 2 fully saturated rings. The SMILES string of the molecule is Cc1cccc(NC(=O)c2ccc(N3C(=O)C4C5C=CC(C5)C4C3=O)cc2)c1. The Bertz CT molecular complexity index is 994. The van der Waals surface area contributed by atoms with Crippen LogP contribution < -0.4 is 10.2 Å². The van der Waals surface area contributed by atoms with Gasteiger partial charge in [0.05, 0.1) is 17.5 Å². The number of amides is 3. The van der Waals surface area contributed by atoms with E-state index in [9.17, 15) is 14.4 Å². The number of fused-ring (bicyclic) bond motifs is 5. The first-order valence-electron chi connectivity index (χ1n) is 9.57. The minimum atomic E-state index is -0.227. The first-order valence-corrected chi connectivity index (χ1v) is 9.57. The average molecular weight is 372 g/mol. The molecule has 28 heavy (non-hydrogen) atoms. The van der Waals surface area contributed by atoms with Gasteiger partial charge in [-0.2, -0.15) is 0 Å². The molecule has 4 unspecified atom stereocenters. The quantitative estimate of drug-likeness (QED) is 0.662. The predicted octanol–water partition coefficient (Wildman–Crippen LogP) is 3.56. The summed E-state index contributed by atoms with van der Waals surface area (Å²) in [5.74, 6) is -0.492. The summed E-state index contributed by atoms with van der Waals surface area (Å²) in [4.78, 5) is 39.5. The summed E-state index contributed by atoms with van der Waals surface area (Å²) in [6.45, 7) is 1.96. The number of hydrogen-bond donors (Lipinski definition) is 1. The molecule has 140 valence electrons. The second-order valence-electron chi connectivity index (χ2n) is 7.88. The second kappa shape index (κ2) is 6.16. The molecule has 3 amide bonds. The molecule has 5 rings (SSSR count). The van der Waals surface area contributed by atoms with Crippen molar-refractivity contribution in [3.8, 4) is 0 Å². The van der Waals surface area contributed by atoms with Gasteiger partial charge in [0.25, 0.3) is 5.91 Å². The van der Waals surface area contributed by atoms with Crippen LogP contribution in [0.1, 0.15) is 22.3 Å². The molecule has 1 aliphatic heterocycles. The maximum Gasteiger partial charge on any atom is 0.255 e. The van der Waals surface area contributed by atoms with E-state index in [-0.39, 0.29) is 41.4 Å². The summed E-state index contributed by atoms with van der Waals surface area (Å²) in [5, 5.41) is 2.86. The number of imide groups is 1. The Morgan fingerprint density at radius 2 is 1.61 bits per heavy atom. The third-order valence-corrected chi connectivity index (χ3v) is 6.13. The molecule has 3 aliphatic rings. The molecule has 4 atom stereocenters. The van der Waals surface area contributed by atoms with Gasteiger partial charge in [0.15, 0.2) is 0 Å². The van der Waals surface area contributed by atoms with Crippen molar-refractivity contribution in [2.45, 2.75) is 13.3 Å². The summed E-state index contributed by atoms with van der Waals surface area (Å²) in [5.41, 5.74) is 2.81. The van der Waals surface area contributed by atoms with E-state index in [0.29, 0.717) is 11.3 Å². The van der Waals surface area contributed by atoms with Crippen molar-refractivity contribution < 1.29 is 14.4 Å². The van der Waals surface area contributed by atoms with E-state index in [1.54, 1.807) is 24.3 Å². The minimum Gasteiger partial charge on any atom is -0.322 e. The fourth-order valence-corrected chi connectivity index (χ4v) is 4.84. The Hall–Kier alpha value is -3.21. The molecule has 1 heterocycles. The summed E-state index contributed by atoms with van der Waals surface area (Å²) in [7, 11) is 0. The van der Waals surface area contributed by atoms with E-state index >= 15 is 0 Å². The molecule has 1 saturated carbocycles. The Morgan fingerprint density at radius 3 is 2.21 bits per heavy atom. The normalized spacial score (nSPS) is 27.4. The fraction of sp³-hybridized carbons (Fsp3) is 0.261. The first kappa shape index (κ1) is 16.9. The number of nitrogens with zero attached hydrogens (tertiary/aromatic N) is 1. The molecule has 2 aromatic carbocycles. The number of carbonyl (C=O) groups is 3. The van der Waals surface area contributed by atoms with Gasteiger partial charge >= 0.3 is 0 Å². The van der Waals surface area contributed by atoms with Gasteiger partial charge in [0.1, 0.15) is 0 Å². The van der Waals surface area contributed by atoms with Crippen molar-refractivity contribution in [2.24, 2.45) is 23.7 Å². The van der Waals surface area contributed by atoms with Crippen molar-refractivity contribution >= 4 is 29.1 Å². The number of benzene rings is 2. The van der Waals surface area contributed by atoms with Crippen LogP contribution in [-0.2, 0) is 9.59 Å². The largest absolute Gasteiger partial charge is 0.322 e. The number of rotatable bonds is 3. The average Bonchev–Trinajstić information content (AvgIpc) is 3.36. The van der Waals surface area contributed by atoms with E-state index in [0.717, 1.165) is 17.7 Å². The molecule has 2 bridgehead atoms. The molecule has 0 spiro atoms. The Balaban J connectivity index is 1.35. The second-order valence-corrected chi connectivity index (χ2v) is 7.88. The lowest BCUT2D eigenvalue weighted by Gasteiger charge is -2.17. The fourth-order valence-electron chi connectivity index (χ4n) is 4.84. The maximum atomic E-state index is 12.9. The van der Waals surface area contributed by atoms with Gasteiger partial charge in [0, 0.05) is 11.3 Å². The van der Waals surface area contributed by atoms with E-state index in [1.807, 2.05) is 31.2 Å². The topological polar surface area (TPSA) is 66.5 Å². The molecule has 1 N–H and O–H groups in total. The van der Waals surface area contributed by atoms with E-state index < -0.39 is 0 Å². The van der Waals surface area contributed by atoms with Crippen LogP contribution in [0.5, 0.6) is 0 Å². The van der Waals surface area contributed by atoms with Gasteiger partial charge in [-0.05, 0) is 67.1 Å². The number of carbonyl (C=O) groups excluding carboxylic acids is 3. The number of nitrogens with one attached hydrogen (secondary N) is 1. The Kier molecular flexibility index (Phi) is 3.72. The van der Waals surface area contributed by atoms with Gasteiger partial charge in [0.2, 0.25) is 11.8 Å². The van der Waals surface area contributed by atoms with Crippen LogP contribution in [0.25, 0.3) is 0 Å². The van der Waals surface area contributed by atoms with Gasteiger partial charge in [-0.1, -0.05) is 24.3 Å². The first-order chi connectivity index (χ1) is 13.5. The molecule has 1 saturated heterocycles. The summed E-state index contributed by atoms with van der Waals surface area (Å²) in [6.07, 6.45) is 5.08. The standard InChI is InChI=1S/C23H20N2O3/c1-13-3-2-4-17(11-13)24-21(26)14-7-9-18(10-8-14)25-22(27)19-15-5-6-16(12-15)20(19)23(25)28/h2-11,15-16,19-20H,12H2,1H3,(H,24,26). The number of aryl methyl sites for hydroxylation is 1. The Morgan fingerprint density at radius 1 is 0.964 bits per heavy atom. The van der Waals surface area contributed by atoms with Crippen LogP contribution in [0.4, 0.5) is 11.4 Å². The summed E-state index contributed by atoms with van der Waals surface area (Å²) in [6, 6.07) is 14.2. The minimum absolute atomic E-state index is 0.108. The summed E-state index contributed by atoms with van der Waals surface area (Å²) >= 11 is 0. The zero-order valence-electron chi connectivity index (χ0n) is 15.5. The van der Waals surface area contributed by atoms with Crippen molar-refractivity contribution in [1.82, 2.24) is 0 Å². The van der Waals surface area contributed by atoms with Crippen molar-refractivity contribution in [3.05, 3.63) is 71.8 Å². The molecule has 2 aromatic rings. The lowest BCUT2D eigenvalue weighted by atomic mass is 9.85. The molecule has 0 radical (unpaired) electrons. The maximum absolute atomic E-state index is 12.9. The zero-order chi connectivity index (χ0) is 19.4. The van der Waals surface area contributed by atoms with Gasteiger partial charge < -0.3 is 5.32 Å². The van der Waals surface area contributed by atoms with Crippen LogP contribution in [0.2, 0.25) is 0 Å². The number of allylic oxidation sites excluding steroid dienone is 2.